The lowest BCUT2D eigenvalue weighted by Crippen LogP contribution is -2.37. The highest BCUT2D eigenvalue weighted by Gasteiger charge is 2.30. The van der Waals surface area contributed by atoms with E-state index in [9.17, 15) is 0 Å². The van der Waals surface area contributed by atoms with E-state index < -0.39 is 0 Å². The molecule has 128 valence electrons. The average molecular weight is 340 g/mol. The molecule has 4 heteroatoms. The molecular formula is C22H20N4. The van der Waals surface area contributed by atoms with Crippen LogP contribution in [0.15, 0.2) is 81.7 Å². The number of aromatic nitrogens is 1. The van der Waals surface area contributed by atoms with Gasteiger partial charge in [0.05, 0.1) is 28.4 Å². The summed E-state index contributed by atoms with van der Waals surface area (Å²) in [4.78, 5) is 12.9. The summed E-state index contributed by atoms with van der Waals surface area (Å²) in [5.74, 6) is 0. The zero-order valence-corrected chi connectivity index (χ0v) is 14.7. The van der Waals surface area contributed by atoms with Crippen LogP contribution in [-0.4, -0.2) is 21.9 Å². The number of allylic oxidation sites excluding steroid dienone is 5. The minimum Gasteiger partial charge on any atom is -0.376 e. The Kier molecular flexibility index (Phi) is 3.32. The third kappa shape index (κ3) is 2.73. The van der Waals surface area contributed by atoms with Gasteiger partial charge in [-0.05, 0) is 73.6 Å². The maximum atomic E-state index is 4.77. The molecule has 5 rings (SSSR count). The SMILES string of the molecule is CCC12C=C3C=CC(=N3)C=c3ccc([nH]3)=CC3=NC(=CC(=CC1)N2)C=C3. The van der Waals surface area contributed by atoms with Gasteiger partial charge in [-0.25, -0.2) is 9.98 Å². The topological polar surface area (TPSA) is 52.5 Å². The van der Waals surface area contributed by atoms with Gasteiger partial charge >= 0.3 is 0 Å². The molecule has 1 unspecified atom stereocenters. The molecule has 2 N–H and O–H groups in total. The third-order valence-corrected chi connectivity index (χ3v) is 5.14. The van der Waals surface area contributed by atoms with Crippen LogP contribution >= 0.6 is 0 Å². The number of hydrogen-bond donors (Lipinski definition) is 2. The monoisotopic (exact) mass is 340 g/mol. The summed E-state index contributed by atoms with van der Waals surface area (Å²) in [5, 5.41) is 5.76. The van der Waals surface area contributed by atoms with E-state index in [1.54, 1.807) is 0 Å². The zero-order valence-electron chi connectivity index (χ0n) is 14.7. The molecule has 4 nitrogen and oxygen atoms in total. The van der Waals surface area contributed by atoms with Gasteiger partial charge in [0, 0.05) is 16.4 Å². The van der Waals surface area contributed by atoms with Crippen molar-refractivity contribution in [2.75, 3.05) is 0 Å². The van der Waals surface area contributed by atoms with Crippen molar-refractivity contribution in [3.63, 3.8) is 0 Å². The Morgan fingerprint density at radius 2 is 1.62 bits per heavy atom. The first-order valence-electron chi connectivity index (χ1n) is 9.05. The fourth-order valence-electron chi connectivity index (χ4n) is 3.68. The average Bonchev–Trinajstić information content (AvgIpc) is 3.40. The molecule has 5 heterocycles. The number of rotatable bonds is 1. The van der Waals surface area contributed by atoms with E-state index in [2.05, 4.69) is 78.0 Å². The van der Waals surface area contributed by atoms with Gasteiger partial charge in [-0.2, -0.15) is 0 Å². The van der Waals surface area contributed by atoms with Crippen LogP contribution in [0, 0.1) is 0 Å². The van der Waals surface area contributed by atoms with Gasteiger partial charge in [-0.1, -0.05) is 13.0 Å². The number of aromatic amines is 1. The fraction of sp³-hybridized carbons (Fsp3) is 0.182. The Balaban J connectivity index is 1.67. The molecule has 0 aliphatic carbocycles. The molecule has 0 radical (unpaired) electrons. The van der Waals surface area contributed by atoms with Crippen molar-refractivity contribution in [2.24, 2.45) is 9.98 Å². The van der Waals surface area contributed by atoms with Gasteiger partial charge in [-0.15, -0.1) is 0 Å². The van der Waals surface area contributed by atoms with Crippen molar-refractivity contribution in [1.29, 1.82) is 0 Å². The zero-order chi connectivity index (χ0) is 17.6. The third-order valence-electron chi connectivity index (χ3n) is 5.14. The number of aliphatic imine (C=N–C) groups is 2. The largest absolute Gasteiger partial charge is 0.376 e. The van der Waals surface area contributed by atoms with E-state index in [4.69, 9.17) is 9.98 Å². The first kappa shape index (κ1) is 15.1. The van der Waals surface area contributed by atoms with Gasteiger partial charge in [0.2, 0.25) is 0 Å². The highest BCUT2D eigenvalue weighted by atomic mass is 15.0. The molecule has 8 bridgehead atoms. The quantitative estimate of drug-likeness (QED) is 0.810. The number of H-pyrrole nitrogens is 1. The number of nitrogens with zero attached hydrogens (tertiary/aromatic N) is 2. The summed E-state index contributed by atoms with van der Waals surface area (Å²) in [5.41, 5.74) is 4.95. The van der Waals surface area contributed by atoms with Crippen LogP contribution in [0.1, 0.15) is 19.8 Å². The standard InChI is InChI=1S/C22H20N4/c1-2-22-10-9-20(26-22)13-19-6-5-16(24-19)11-15-3-4-17(23-15)12-18-7-8-21(14-22)25-18/h3-9,11-14,23,26H,2,10H2,1H3. The Morgan fingerprint density at radius 3 is 2.35 bits per heavy atom. The summed E-state index contributed by atoms with van der Waals surface area (Å²) in [6.45, 7) is 2.21. The molecule has 1 atom stereocenters. The van der Waals surface area contributed by atoms with Crippen molar-refractivity contribution in [2.45, 2.75) is 25.3 Å². The van der Waals surface area contributed by atoms with Crippen molar-refractivity contribution in [3.8, 4) is 0 Å². The number of hydrogen-bond acceptors (Lipinski definition) is 3. The summed E-state index contributed by atoms with van der Waals surface area (Å²) < 4.78 is 0. The lowest BCUT2D eigenvalue weighted by molar-refractivity contribution is 0.462. The summed E-state index contributed by atoms with van der Waals surface area (Å²) in [6, 6.07) is 4.13. The van der Waals surface area contributed by atoms with Crippen molar-refractivity contribution in [3.05, 3.63) is 82.5 Å². The molecule has 26 heavy (non-hydrogen) atoms. The normalized spacial score (nSPS) is 25.5. The second kappa shape index (κ2) is 5.70. The molecule has 1 aromatic rings. The molecule has 0 saturated carbocycles. The molecule has 0 saturated heterocycles. The van der Waals surface area contributed by atoms with Crippen molar-refractivity contribution in [1.82, 2.24) is 10.3 Å². The molecule has 0 fully saturated rings. The van der Waals surface area contributed by atoms with Crippen molar-refractivity contribution >= 4 is 23.6 Å². The summed E-state index contributed by atoms with van der Waals surface area (Å²) >= 11 is 0. The van der Waals surface area contributed by atoms with Crippen LogP contribution in [0.25, 0.3) is 12.2 Å². The van der Waals surface area contributed by atoms with Crippen LogP contribution in [-0.2, 0) is 0 Å². The van der Waals surface area contributed by atoms with E-state index in [-0.39, 0.29) is 5.54 Å². The first-order valence-corrected chi connectivity index (χ1v) is 9.05. The first-order chi connectivity index (χ1) is 12.7. The molecule has 4 aliphatic rings. The van der Waals surface area contributed by atoms with E-state index in [1.807, 2.05) is 6.08 Å². The second-order valence-electron chi connectivity index (χ2n) is 7.03. The fourth-order valence-corrected chi connectivity index (χ4v) is 3.68. The Hall–Kier alpha value is -3.14. The minimum atomic E-state index is -0.0807. The van der Waals surface area contributed by atoms with Gasteiger partial charge in [0.1, 0.15) is 0 Å². The molecular weight excluding hydrogens is 320 g/mol. The van der Waals surface area contributed by atoms with E-state index in [0.717, 1.165) is 52.1 Å². The molecule has 0 amide bonds. The predicted molar refractivity (Wildman–Crippen MR) is 107 cm³/mol. The lowest BCUT2D eigenvalue weighted by Gasteiger charge is -2.26. The van der Waals surface area contributed by atoms with E-state index in [1.165, 1.54) is 0 Å². The highest BCUT2D eigenvalue weighted by Crippen LogP contribution is 2.30. The Labute approximate surface area is 152 Å². The highest BCUT2D eigenvalue weighted by molar-refractivity contribution is 6.20. The molecule has 1 aromatic heterocycles. The predicted octanol–water partition coefficient (Wildman–Crippen LogP) is 2.40. The van der Waals surface area contributed by atoms with E-state index >= 15 is 0 Å². The maximum absolute atomic E-state index is 4.77. The molecule has 0 spiro atoms. The van der Waals surface area contributed by atoms with Crippen LogP contribution < -0.4 is 16.0 Å². The smallest absolute Gasteiger partial charge is 0.0658 e. The number of nitrogens with one attached hydrogen (secondary N) is 2. The number of fused-ring (bicyclic) bond motifs is 6. The van der Waals surface area contributed by atoms with Gasteiger partial charge in [0.25, 0.3) is 0 Å². The second-order valence-corrected chi connectivity index (χ2v) is 7.03. The molecule has 4 aliphatic heterocycles. The minimum absolute atomic E-state index is 0.0807. The molecule has 0 aromatic carbocycles. The van der Waals surface area contributed by atoms with E-state index in [0.29, 0.717) is 0 Å². The Bertz CT molecular complexity index is 1120. The summed E-state index contributed by atoms with van der Waals surface area (Å²) in [7, 11) is 0. The maximum Gasteiger partial charge on any atom is 0.0658 e. The summed E-state index contributed by atoms with van der Waals surface area (Å²) in [6.07, 6.45) is 21.0. The van der Waals surface area contributed by atoms with Crippen molar-refractivity contribution < 1.29 is 0 Å². The van der Waals surface area contributed by atoms with Gasteiger partial charge < -0.3 is 10.3 Å². The van der Waals surface area contributed by atoms with Gasteiger partial charge in [0.15, 0.2) is 0 Å². The van der Waals surface area contributed by atoms with Crippen LogP contribution in [0.3, 0.4) is 0 Å². The lowest BCUT2D eigenvalue weighted by atomic mass is 9.93. The van der Waals surface area contributed by atoms with Gasteiger partial charge in [-0.3, -0.25) is 0 Å². The Morgan fingerprint density at radius 1 is 0.923 bits per heavy atom. The van der Waals surface area contributed by atoms with Crippen LogP contribution in [0.5, 0.6) is 0 Å². The van der Waals surface area contributed by atoms with Crippen LogP contribution in [0.2, 0.25) is 0 Å². The van der Waals surface area contributed by atoms with Crippen LogP contribution in [0.4, 0.5) is 0 Å².